The third kappa shape index (κ3) is 4.96. The first-order valence-corrected chi connectivity index (χ1v) is 19.9. The molecule has 2 aliphatic carbocycles. The van der Waals surface area contributed by atoms with E-state index < -0.39 is 0 Å². The van der Waals surface area contributed by atoms with E-state index in [1.165, 1.54) is 79.1 Å². The van der Waals surface area contributed by atoms with Gasteiger partial charge in [-0.15, -0.1) is 22.7 Å². The van der Waals surface area contributed by atoms with E-state index in [9.17, 15) is 0 Å². The second-order valence-corrected chi connectivity index (χ2v) is 16.1. The molecule has 1 nitrogen and oxygen atoms in total. The van der Waals surface area contributed by atoms with Crippen LogP contribution in [-0.2, 0) is 0 Å². The first kappa shape index (κ1) is 30.6. The molecule has 0 radical (unpaired) electrons. The molecule has 9 aromatic rings. The first-order chi connectivity index (χ1) is 26.3. The lowest BCUT2D eigenvalue weighted by molar-refractivity contribution is 0.670. The maximum absolute atomic E-state index is 2.45. The Balaban J connectivity index is 1.05. The highest BCUT2D eigenvalue weighted by atomic mass is 32.1. The number of thiophene rings is 2. The minimum Gasteiger partial charge on any atom is -0.310 e. The highest BCUT2D eigenvalue weighted by molar-refractivity contribution is 7.27. The fraction of sp³-hybridized carbons (Fsp3) is 0.0400. The molecule has 0 saturated carbocycles. The van der Waals surface area contributed by atoms with Crippen LogP contribution in [0, 0.1) is 5.92 Å². The van der Waals surface area contributed by atoms with Crippen LogP contribution >= 0.6 is 22.7 Å². The molecule has 11 rings (SSSR count). The topological polar surface area (TPSA) is 3.24 Å². The third-order valence-corrected chi connectivity index (χ3v) is 13.4. The van der Waals surface area contributed by atoms with Gasteiger partial charge in [0.05, 0.1) is 5.69 Å². The molecule has 0 bridgehead atoms. The van der Waals surface area contributed by atoms with Crippen LogP contribution < -0.4 is 4.90 Å². The van der Waals surface area contributed by atoms with Crippen molar-refractivity contribution in [2.45, 2.75) is 5.92 Å². The monoisotopic (exact) mass is 711 g/mol. The molecule has 2 aromatic heterocycles. The Bertz CT molecular complexity index is 3010. The van der Waals surface area contributed by atoms with Crippen molar-refractivity contribution in [1.29, 1.82) is 0 Å². The van der Waals surface area contributed by atoms with Crippen molar-refractivity contribution >= 4 is 90.9 Å². The number of hydrogen-bond acceptors (Lipinski definition) is 3. The molecule has 0 aliphatic heterocycles. The van der Waals surface area contributed by atoms with Crippen LogP contribution in [0.1, 0.15) is 11.5 Å². The van der Waals surface area contributed by atoms with Gasteiger partial charge < -0.3 is 4.90 Å². The van der Waals surface area contributed by atoms with Crippen LogP contribution in [0.15, 0.2) is 194 Å². The van der Waals surface area contributed by atoms with Gasteiger partial charge in [0, 0.05) is 63.6 Å². The Morgan fingerprint density at radius 2 is 1.19 bits per heavy atom. The third-order valence-electron chi connectivity index (χ3n) is 11.1. The molecule has 53 heavy (non-hydrogen) atoms. The zero-order valence-electron chi connectivity index (χ0n) is 28.8. The lowest BCUT2D eigenvalue weighted by atomic mass is 9.76. The SMILES string of the molecule is C1=CC2=CC=CC(c3ccc(N(c4ccc(-c5cccc6sc7c8ccccc8ccc7c56)cc4)c4cccc5sc6ccccc6c45)cc3)C2C=C1. The van der Waals surface area contributed by atoms with Crippen molar-refractivity contribution < 1.29 is 0 Å². The number of hydrogen-bond donors (Lipinski definition) is 0. The van der Waals surface area contributed by atoms with E-state index in [1.807, 2.05) is 22.7 Å². The molecule has 0 spiro atoms. The van der Waals surface area contributed by atoms with Crippen molar-refractivity contribution in [2.75, 3.05) is 4.90 Å². The van der Waals surface area contributed by atoms with Crippen LogP contribution in [0.3, 0.4) is 0 Å². The number of nitrogens with zero attached hydrogens (tertiary/aromatic N) is 1. The van der Waals surface area contributed by atoms with Crippen molar-refractivity contribution in [1.82, 2.24) is 0 Å². The summed E-state index contributed by atoms with van der Waals surface area (Å²) < 4.78 is 5.30. The molecule has 3 heteroatoms. The average Bonchev–Trinajstić information content (AvgIpc) is 3.81. The second-order valence-electron chi connectivity index (χ2n) is 14.0. The molecule has 0 saturated heterocycles. The Labute approximate surface area is 316 Å². The van der Waals surface area contributed by atoms with Crippen molar-refractivity contribution in [3.63, 3.8) is 0 Å². The number of fused-ring (bicyclic) bond motifs is 9. The van der Waals surface area contributed by atoms with Gasteiger partial charge in [0.2, 0.25) is 0 Å². The lowest BCUT2D eigenvalue weighted by Crippen LogP contribution is -2.15. The van der Waals surface area contributed by atoms with E-state index in [2.05, 4.69) is 193 Å². The molecule has 0 amide bonds. The average molecular weight is 712 g/mol. The molecular formula is C50H33NS2. The fourth-order valence-electron chi connectivity index (χ4n) is 8.59. The zero-order valence-corrected chi connectivity index (χ0v) is 30.4. The van der Waals surface area contributed by atoms with Crippen LogP contribution in [-0.4, -0.2) is 0 Å². The van der Waals surface area contributed by atoms with E-state index in [1.54, 1.807) is 0 Å². The summed E-state index contributed by atoms with van der Waals surface area (Å²) in [6, 6.07) is 54.2. The predicted octanol–water partition coefficient (Wildman–Crippen LogP) is 15.0. The van der Waals surface area contributed by atoms with Gasteiger partial charge in [-0.25, -0.2) is 0 Å². The zero-order chi connectivity index (χ0) is 34.9. The Kier molecular flexibility index (Phi) is 7.11. The molecular weight excluding hydrogens is 679 g/mol. The second kappa shape index (κ2) is 12.3. The number of rotatable bonds is 5. The maximum Gasteiger partial charge on any atom is 0.0554 e. The standard InChI is InChI=1S/C50H33NS2/c1-3-13-38-32(10-1)12-7-16-39(38)34-22-27-36(28-23-34)51(44-18-9-21-47-49(44)42-15-5-6-19-45(42)52-47)37-29-24-35(25-30-37)40-17-8-20-46-48(40)43-31-26-33-11-2-4-14-41(33)50(43)53-46/h1-31,38-39H. The van der Waals surface area contributed by atoms with Gasteiger partial charge in [0.15, 0.2) is 0 Å². The Hall–Kier alpha value is -6.00. The van der Waals surface area contributed by atoms with Gasteiger partial charge in [0.25, 0.3) is 0 Å². The number of anilines is 3. The van der Waals surface area contributed by atoms with Crippen LogP contribution in [0.5, 0.6) is 0 Å². The van der Waals surface area contributed by atoms with E-state index >= 15 is 0 Å². The van der Waals surface area contributed by atoms with Crippen molar-refractivity contribution in [3.05, 3.63) is 199 Å². The van der Waals surface area contributed by atoms with Crippen LogP contribution in [0.25, 0.3) is 62.2 Å². The minimum atomic E-state index is 0.316. The normalized spacial score (nSPS) is 16.6. The van der Waals surface area contributed by atoms with Crippen molar-refractivity contribution in [2.24, 2.45) is 5.92 Å². The summed E-state index contributed by atoms with van der Waals surface area (Å²) in [6.45, 7) is 0. The Morgan fingerprint density at radius 1 is 0.472 bits per heavy atom. The van der Waals surface area contributed by atoms with E-state index in [4.69, 9.17) is 0 Å². The molecule has 0 N–H and O–H groups in total. The van der Waals surface area contributed by atoms with E-state index in [-0.39, 0.29) is 0 Å². The molecule has 2 unspecified atom stereocenters. The summed E-state index contributed by atoms with van der Waals surface area (Å²) in [7, 11) is 0. The van der Waals surface area contributed by atoms with Gasteiger partial charge >= 0.3 is 0 Å². The molecule has 250 valence electrons. The maximum atomic E-state index is 2.45. The first-order valence-electron chi connectivity index (χ1n) is 18.3. The van der Waals surface area contributed by atoms with E-state index in [0.717, 1.165) is 11.4 Å². The van der Waals surface area contributed by atoms with E-state index in [0.29, 0.717) is 11.8 Å². The quantitative estimate of drug-likeness (QED) is 0.172. The summed E-state index contributed by atoms with van der Waals surface area (Å²) in [4.78, 5) is 2.45. The molecule has 0 fully saturated rings. The Morgan fingerprint density at radius 3 is 2.06 bits per heavy atom. The van der Waals surface area contributed by atoms with Gasteiger partial charge in [-0.3, -0.25) is 0 Å². The largest absolute Gasteiger partial charge is 0.310 e. The molecule has 2 heterocycles. The highest BCUT2D eigenvalue weighted by Gasteiger charge is 2.25. The molecule has 2 atom stereocenters. The molecule has 2 aliphatic rings. The van der Waals surface area contributed by atoms with Crippen LogP contribution in [0.4, 0.5) is 17.1 Å². The smallest absolute Gasteiger partial charge is 0.0554 e. The highest BCUT2D eigenvalue weighted by Crippen LogP contribution is 2.47. The van der Waals surface area contributed by atoms with Crippen molar-refractivity contribution in [3.8, 4) is 11.1 Å². The summed E-state index contributed by atoms with van der Waals surface area (Å²) in [5.74, 6) is 0.685. The lowest BCUT2D eigenvalue weighted by Gasteiger charge is -2.29. The summed E-state index contributed by atoms with van der Waals surface area (Å²) >= 11 is 3.77. The van der Waals surface area contributed by atoms with Gasteiger partial charge in [-0.1, -0.05) is 140 Å². The van der Waals surface area contributed by atoms with Gasteiger partial charge in [0.1, 0.15) is 0 Å². The molecule has 7 aromatic carbocycles. The van der Waals surface area contributed by atoms with Crippen LogP contribution in [0.2, 0.25) is 0 Å². The fourth-order valence-corrected chi connectivity index (χ4v) is 11.0. The summed E-state index contributed by atoms with van der Waals surface area (Å²) in [5.41, 5.74) is 8.70. The van der Waals surface area contributed by atoms with Gasteiger partial charge in [-0.2, -0.15) is 0 Å². The summed E-state index contributed by atoms with van der Waals surface area (Å²) in [6.07, 6.45) is 15.7. The minimum absolute atomic E-state index is 0.316. The number of benzene rings is 7. The summed E-state index contributed by atoms with van der Waals surface area (Å²) in [5, 5.41) is 7.88. The predicted molar refractivity (Wildman–Crippen MR) is 232 cm³/mol. The number of allylic oxidation sites excluding steroid dienone is 8. The van der Waals surface area contributed by atoms with Gasteiger partial charge in [-0.05, 0) is 81.6 Å².